The third-order valence-corrected chi connectivity index (χ3v) is 4.26. The molecule has 1 saturated heterocycles. The van der Waals surface area contributed by atoms with Crippen LogP contribution in [-0.2, 0) is 9.59 Å². The molecule has 0 bridgehead atoms. The molecule has 1 atom stereocenters. The SMILES string of the molecule is C[C@H](C(=O)Nc1ccccc1-c1ccccc1)N1CCNC(=O)C1. The minimum Gasteiger partial charge on any atom is -0.354 e. The van der Waals surface area contributed by atoms with Gasteiger partial charge >= 0.3 is 0 Å². The Hall–Kier alpha value is -2.66. The molecule has 3 rings (SSSR count). The topological polar surface area (TPSA) is 61.4 Å². The Morgan fingerprint density at radius 2 is 1.83 bits per heavy atom. The number of carbonyl (C=O) groups excluding carboxylic acids is 2. The average Bonchev–Trinajstić information content (AvgIpc) is 2.62. The first-order valence-corrected chi connectivity index (χ1v) is 8.11. The Morgan fingerprint density at radius 3 is 2.58 bits per heavy atom. The monoisotopic (exact) mass is 323 g/mol. The van der Waals surface area contributed by atoms with E-state index in [0.29, 0.717) is 13.1 Å². The number of benzene rings is 2. The highest BCUT2D eigenvalue weighted by Gasteiger charge is 2.26. The second-order valence-corrected chi connectivity index (χ2v) is 5.90. The van der Waals surface area contributed by atoms with Crippen LogP contribution in [0.4, 0.5) is 5.69 Å². The maximum atomic E-state index is 12.6. The molecule has 0 aliphatic carbocycles. The van der Waals surface area contributed by atoms with E-state index in [1.807, 2.05) is 66.4 Å². The number of carbonyl (C=O) groups is 2. The van der Waals surface area contributed by atoms with Crippen LogP contribution in [0.1, 0.15) is 6.92 Å². The molecule has 2 amide bonds. The van der Waals surface area contributed by atoms with Crippen molar-refractivity contribution in [3.05, 3.63) is 54.6 Å². The number of amides is 2. The van der Waals surface area contributed by atoms with E-state index in [-0.39, 0.29) is 24.4 Å². The van der Waals surface area contributed by atoms with Crippen LogP contribution in [0.5, 0.6) is 0 Å². The highest BCUT2D eigenvalue weighted by Crippen LogP contribution is 2.27. The number of rotatable bonds is 4. The smallest absolute Gasteiger partial charge is 0.241 e. The van der Waals surface area contributed by atoms with Gasteiger partial charge in [-0.05, 0) is 18.6 Å². The molecule has 0 saturated carbocycles. The van der Waals surface area contributed by atoms with Crippen molar-refractivity contribution >= 4 is 17.5 Å². The van der Waals surface area contributed by atoms with Gasteiger partial charge in [-0.25, -0.2) is 0 Å². The van der Waals surface area contributed by atoms with E-state index in [4.69, 9.17) is 0 Å². The van der Waals surface area contributed by atoms with E-state index in [1.54, 1.807) is 0 Å². The third-order valence-electron chi connectivity index (χ3n) is 4.26. The molecule has 2 aromatic rings. The molecule has 0 aromatic heterocycles. The summed E-state index contributed by atoms with van der Waals surface area (Å²) in [6.07, 6.45) is 0. The third kappa shape index (κ3) is 3.63. The van der Waals surface area contributed by atoms with Crippen LogP contribution in [0.15, 0.2) is 54.6 Å². The van der Waals surface area contributed by atoms with Crippen molar-refractivity contribution in [3.8, 4) is 11.1 Å². The van der Waals surface area contributed by atoms with Gasteiger partial charge in [0, 0.05) is 24.3 Å². The molecule has 1 aliphatic rings. The molecule has 1 heterocycles. The molecule has 1 fully saturated rings. The van der Waals surface area contributed by atoms with Crippen molar-refractivity contribution in [2.45, 2.75) is 13.0 Å². The Morgan fingerprint density at radius 1 is 1.12 bits per heavy atom. The van der Waals surface area contributed by atoms with E-state index < -0.39 is 0 Å². The molecule has 2 aromatic carbocycles. The molecule has 24 heavy (non-hydrogen) atoms. The number of hydrogen-bond donors (Lipinski definition) is 2. The number of hydrogen-bond acceptors (Lipinski definition) is 3. The van der Waals surface area contributed by atoms with E-state index in [2.05, 4.69) is 10.6 Å². The van der Waals surface area contributed by atoms with Crippen LogP contribution >= 0.6 is 0 Å². The first kappa shape index (κ1) is 16.2. The zero-order valence-electron chi connectivity index (χ0n) is 13.7. The summed E-state index contributed by atoms with van der Waals surface area (Å²) >= 11 is 0. The van der Waals surface area contributed by atoms with Crippen molar-refractivity contribution in [1.82, 2.24) is 10.2 Å². The van der Waals surface area contributed by atoms with Crippen LogP contribution in [-0.4, -0.2) is 42.4 Å². The average molecular weight is 323 g/mol. The van der Waals surface area contributed by atoms with Gasteiger partial charge < -0.3 is 10.6 Å². The lowest BCUT2D eigenvalue weighted by Crippen LogP contribution is -2.53. The number of anilines is 1. The van der Waals surface area contributed by atoms with Gasteiger partial charge in [0.25, 0.3) is 0 Å². The van der Waals surface area contributed by atoms with E-state index in [9.17, 15) is 9.59 Å². The Bertz CT molecular complexity index is 730. The Kier molecular flexibility index (Phi) is 4.91. The number of nitrogens with zero attached hydrogens (tertiary/aromatic N) is 1. The predicted molar refractivity (Wildman–Crippen MR) is 94.6 cm³/mol. The number of piperazine rings is 1. The van der Waals surface area contributed by atoms with Crippen LogP contribution < -0.4 is 10.6 Å². The number of nitrogens with one attached hydrogen (secondary N) is 2. The van der Waals surface area contributed by atoms with Crippen LogP contribution in [0.25, 0.3) is 11.1 Å². The molecule has 0 radical (unpaired) electrons. The molecule has 0 spiro atoms. The van der Waals surface area contributed by atoms with Crippen molar-refractivity contribution in [2.24, 2.45) is 0 Å². The van der Waals surface area contributed by atoms with E-state index in [1.165, 1.54) is 0 Å². The fourth-order valence-corrected chi connectivity index (χ4v) is 2.85. The minimum atomic E-state index is -0.361. The minimum absolute atomic E-state index is 0.0365. The molecule has 5 heteroatoms. The van der Waals surface area contributed by atoms with Crippen molar-refractivity contribution in [2.75, 3.05) is 25.0 Å². The number of para-hydroxylation sites is 1. The highest BCUT2D eigenvalue weighted by molar-refractivity contribution is 5.98. The molecular formula is C19H21N3O2. The lowest BCUT2D eigenvalue weighted by molar-refractivity contribution is -0.127. The van der Waals surface area contributed by atoms with Crippen LogP contribution in [0, 0.1) is 0 Å². The van der Waals surface area contributed by atoms with Gasteiger partial charge in [-0.3, -0.25) is 14.5 Å². The van der Waals surface area contributed by atoms with Crippen molar-refractivity contribution in [3.63, 3.8) is 0 Å². The molecule has 0 unspecified atom stereocenters. The first-order chi connectivity index (χ1) is 11.6. The summed E-state index contributed by atoms with van der Waals surface area (Å²) in [4.78, 5) is 26.0. The van der Waals surface area contributed by atoms with Gasteiger partial charge in [-0.15, -0.1) is 0 Å². The normalized spacial score (nSPS) is 16.3. The van der Waals surface area contributed by atoms with Crippen molar-refractivity contribution < 1.29 is 9.59 Å². The molecule has 2 N–H and O–H groups in total. The van der Waals surface area contributed by atoms with Crippen molar-refractivity contribution in [1.29, 1.82) is 0 Å². The second-order valence-electron chi connectivity index (χ2n) is 5.90. The maximum Gasteiger partial charge on any atom is 0.241 e. The summed E-state index contributed by atoms with van der Waals surface area (Å²) in [5, 5.41) is 5.78. The summed E-state index contributed by atoms with van der Waals surface area (Å²) in [5.41, 5.74) is 2.82. The summed E-state index contributed by atoms with van der Waals surface area (Å²) in [6, 6.07) is 17.3. The molecular weight excluding hydrogens is 302 g/mol. The Labute approximate surface area is 141 Å². The first-order valence-electron chi connectivity index (χ1n) is 8.11. The Balaban J connectivity index is 1.76. The zero-order chi connectivity index (χ0) is 16.9. The summed E-state index contributed by atoms with van der Waals surface area (Å²) < 4.78 is 0. The predicted octanol–water partition coefficient (Wildman–Crippen LogP) is 2.11. The molecule has 124 valence electrons. The highest BCUT2D eigenvalue weighted by atomic mass is 16.2. The second kappa shape index (κ2) is 7.27. The van der Waals surface area contributed by atoms with Gasteiger partial charge in [0.15, 0.2) is 0 Å². The molecule has 5 nitrogen and oxygen atoms in total. The standard InChI is InChI=1S/C19H21N3O2/c1-14(22-12-11-20-18(23)13-22)19(24)21-17-10-6-5-9-16(17)15-7-3-2-4-8-15/h2-10,14H,11-13H2,1H3,(H,20,23)(H,21,24)/t14-/m1/s1. The lowest BCUT2D eigenvalue weighted by Gasteiger charge is -2.31. The molecule has 1 aliphatic heterocycles. The van der Waals surface area contributed by atoms with Gasteiger partial charge in [-0.1, -0.05) is 48.5 Å². The lowest BCUT2D eigenvalue weighted by atomic mass is 10.0. The fourth-order valence-electron chi connectivity index (χ4n) is 2.85. The van der Waals surface area contributed by atoms with Crippen LogP contribution in [0.3, 0.4) is 0 Å². The van der Waals surface area contributed by atoms with E-state index in [0.717, 1.165) is 16.8 Å². The fraction of sp³-hybridized carbons (Fsp3) is 0.263. The summed E-state index contributed by atoms with van der Waals surface area (Å²) in [5.74, 6) is -0.140. The van der Waals surface area contributed by atoms with Crippen LogP contribution in [0.2, 0.25) is 0 Å². The summed E-state index contributed by atoms with van der Waals surface area (Å²) in [6.45, 7) is 3.35. The van der Waals surface area contributed by atoms with E-state index >= 15 is 0 Å². The summed E-state index contributed by atoms with van der Waals surface area (Å²) in [7, 11) is 0. The van der Waals surface area contributed by atoms with Gasteiger partial charge in [0.2, 0.25) is 11.8 Å². The quantitative estimate of drug-likeness (QED) is 0.906. The van der Waals surface area contributed by atoms with Gasteiger partial charge in [-0.2, -0.15) is 0 Å². The van der Waals surface area contributed by atoms with Gasteiger partial charge in [0.1, 0.15) is 0 Å². The maximum absolute atomic E-state index is 12.6. The largest absolute Gasteiger partial charge is 0.354 e. The zero-order valence-corrected chi connectivity index (χ0v) is 13.7. The van der Waals surface area contributed by atoms with Gasteiger partial charge in [0.05, 0.1) is 12.6 Å².